The molecule has 0 aliphatic carbocycles. The molecule has 2 N–H and O–H groups in total. The molecule has 0 saturated carbocycles. The molecule has 0 amide bonds. The van der Waals surface area contributed by atoms with Crippen LogP contribution in [0.25, 0.3) is 0 Å². The van der Waals surface area contributed by atoms with Crippen LogP contribution in [0, 0.1) is 6.92 Å². The molecule has 0 radical (unpaired) electrons. The van der Waals surface area contributed by atoms with Crippen LogP contribution in [0.5, 0.6) is 0 Å². The molecule has 0 aromatic carbocycles. The van der Waals surface area contributed by atoms with Crippen molar-refractivity contribution in [3.05, 3.63) is 22.1 Å². The number of nitrogens with zero attached hydrogens (tertiary/aromatic N) is 2. The van der Waals surface area contributed by atoms with Gasteiger partial charge in [-0.15, -0.1) is 0 Å². The van der Waals surface area contributed by atoms with Gasteiger partial charge in [-0.2, -0.15) is 0 Å². The lowest BCUT2D eigenvalue weighted by Crippen LogP contribution is -2.29. The van der Waals surface area contributed by atoms with Gasteiger partial charge >= 0.3 is 5.97 Å². The number of hydrogen-bond acceptors (Lipinski definition) is 6. The first-order valence-electron chi connectivity index (χ1n) is 4.68. The molecular weight excluding hydrogens is 230 g/mol. The molecule has 88 valence electrons. The zero-order valence-electron chi connectivity index (χ0n) is 9.10. The summed E-state index contributed by atoms with van der Waals surface area (Å²) in [4.78, 5) is 26.5. The summed E-state index contributed by atoms with van der Waals surface area (Å²) in [6, 6.07) is 1.33. The molecule has 0 atom stereocenters. The Balaban J connectivity index is 2.74. The van der Waals surface area contributed by atoms with E-state index in [1.165, 1.54) is 6.07 Å². The van der Waals surface area contributed by atoms with Gasteiger partial charge in [-0.1, -0.05) is 11.8 Å². The smallest absolute Gasteiger partial charge is 0.316 e. The van der Waals surface area contributed by atoms with Crippen molar-refractivity contribution < 1.29 is 9.53 Å². The molecule has 1 aromatic heterocycles. The van der Waals surface area contributed by atoms with E-state index in [0.29, 0.717) is 17.5 Å². The van der Waals surface area contributed by atoms with Crippen molar-refractivity contribution >= 4 is 17.7 Å². The quantitative estimate of drug-likeness (QED) is 0.344. The number of carbonyl (C=O) groups excluding carboxylic acids is 1. The normalized spacial score (nSPS) is 10.1. The summed E-state index contributed by atoms with van der Waals surface area (Å²) in [5, 5.41) is 0.304. The van der Waals surface area contributed by atoms with Crippen molar-refractivity contribution in [3.63, 3.8) is 0 Å². The van der Waals surface area contributed by atoms with E-state index in [2.05, 4.69) is 4.98 Å². The minimum atomic E-state index is -0.358. The standard InChI is InChI=1S/C9H13N3O3S/c1-3-15-8(14)5-16-9-11-6(2)4-7(13)12(9)10/h4H,3,5,10H2,1-2H3. The molecule has 7 heteroatoms. The molecule has 0 bridgehead atoms. The van der Waals surface area contributed by atoms with E-state index in [1.807, 2.05) is 0 Å². The van der Waals surface area contributed by atoms with Gasteiger partial charge in [0.05, 0.1) is 12.4 Å². The molecule has 0 aliphatic rings. The third-order valence-electron chi connectivity index (χ3n) is 1.67. The number of aromatic nitrogens is 2. The van der Waals surface area contributed by atoms with Gasteiger partial charge in [0.15, 0.2) is 5.16 Å². The minimum Gasteiger partial charge on any atom is -0.465 e. The molecule has 0 spiro atoms. The Hall–Kier alpha value is -1.50. The van der Waals surface area contributed by atoms with Crippen LogP contribution in [0.2, 0.25) is 0 Å². The third-order valence-corrected chi connectivity index (χ3v) is 2.60. The van der Waals surface area contributed by atoms with E-state index < -0.39 is 0 Å². The number of nitrogen functional groups attached to an aromatic ring is 1. The second-order valence-corrected chi connectivity index (χ2v) is 3.92. The Bertz CT molecular complexity index is 444. The summed E-state index contributed by atoms with van der Waals surface area (Å²) in [6.45, 7) is 3.75. The van der Waals surface area contributed by atoms with Crippen molar-refractivity contribution in [1.82, 2.24) is 9.66 Å². The van der Waals surface area contributed by atoms with E-state index in [9.17, 15) is 9.59 Å². The highest BCUT2D eigenvalue weighted by atomic mass is 32.2. The van der Waals surface area contributed by atoms with Crippen LogP contribution in [-0.2, 0) is 9.53 Å². The average molecular weight is 243 g/mol. The lowest BCUT2D eigenvalue weighted by Gasteiger charge is -2.06. The van der Waals surface area contributed by atoms with Gasteiger partial charge in [-0.3, -0.25) is 9.59 Å². The predicted molar refractivity (Wildman–Crippen MR) is 60.7 cm³/mol. The fraction of sp³-hybridized carbons (Fsp3) is 0.444. The molecule has 6 nitrogen and oxygen atoms in total. The van der Waals surface area contributed by atoms with Crippen molar-refractivity contribution in [2.24, 2.45) is 0 Å². The Morgan fingerprint density at radius 2 is 2.38 bits per heavy atom. The largest absolute Gasteiger partial charge is 0.465 e. The number of hydrogen-bond donors (Lipinski definition) is 1. The van der Waals surface area contributed by atoms with E-state index in [-0.39, 0.29) is 17.3 Å². The zero-order chi connectivity index (χ0) is 12.1. The monoisotopic (exact) mass is 243 g/mol. The van der Waals surface area contributed by atoms with Gasteiger partial charge in [0, 0.05) is 11.8 Å². The lowest BCUT2D eigenvalue weighted by atomic mass is 10.5. The van der Waals surface area contributed by atoms with Crippen molar-refractivity contribution in [2.75, 3.05) is 18.2 Å². The Labute approximate surface area is 96.8 Å². The SMILES string of the molecule is CCOC(=O)CSc1nc(C)cc(=O)n1N. The summed E-state index contributed by atoms with van der Waals surface area (Å²) in [6.07, 6.45) is 0. The number of nitrogens with two attached hydrogens (primary N) is 1. The van der Waals surface area contributed by atoms with Gasteiger partial charge in [-0.25, -0.2) is 9.66 Å². The molecule has 0 unspecified atom stereocenters. The van der Waals surface area contributed by atoms with Crippen LogP contribution in [0.1, 0.15) is 12.6 Å². The molecular formula is C9H13N3O3S. The number of thioether (sulfide) groups is 1. The molecule has 0 saturated heterocycles. The van der Waals surface area contributed by atoms with E-state index in [0.717, 1.165) is 16.4 Å². The van der Waals surface area contributed by atoms with Crippen LogP contribution in [0.3, 0.4) is 0 Å². The van der Waals surface area contributed by atoms with E-state index in [1.54, 1.807) is 13.8 Å². The minimum absolute atomic E-state index is 0.0843. The molecule has 1 aromatic rings. The van der Waals surface area contributed by atoms with Crippen LogP contribution < -0.4 is 11.4 Å². The maximum absolute atomic E-state index is 11.3. The molecule has 0 fully saturated rings. The van der Waals surface area contributed by atoms with Crippen LogP contribution in [0.15, 0.2) is 16.0 Å². The number of carbonyl (C=O) groups is 1. The first-order valence-corrected chi connectivity index (χ1v) is 5.67. The van der Waals surface area contributed by atoms with Crippen molar-refractivity contribution in [2.45, 2.75) is 19.0 Å². The predicted octanol–water partition coefficient (Wildman–Crippen LogP) is -0.0793. The number of aryl methyl sites for hydroxylation is 1. The van der Waals surface area contributed by atoms with Crippen LogP contribution >= 0.6 is 11.8 Å². The van der Waals surface area contributed by atoms with Crippen LogP contribution in [-0.4, -0.2) is 28.0 Å². The van der Waals surface area contributed by atoms with Gasteiger partial charge in [0.25, 0.3) is 5.56 Å². The fourth-order valence-corrected chi connectivity index (χ4v) is 1.78. The second-order valence-electron chi connectivity index (χ2n) is 2.98. The molecule has 16 heavy (non-hydrogen) atoms. The maximum Gasteiger partial charge on any atom is 0.316 e. The third kappa shape index (κ3) is 3.27. The Kier molecular flexibility index (Phi) is 4.36. The van der Waals surface area contributed by atoms with E-state index >= 15 is 0 Å². The second kappa shape index (κ2) is 5.55. The summed E-state index contributed by atoms with van der Waals surface area (Å²) in [7, 11) is 0. The first kappa shape index (κ1) is 12.6. The molecule has 1 heterocycles. The summed E-state index contributed by atoms with van der Waals surface area (Å²) >= 11 is 1.08. The highest BCUT2D eigenvalue weighted by Gasteiger charge is 2.08. The number of ether oxygens (including phenoxy) is 1. The summed E-state index contributed by atoms with van der Waals surface area (Å²) < 4.78 is 5.66. The molecule has 0 aliphatic heterocycles. The van der Waals surface area contributed by atoms with Crippen molar-refractivity contribution in [1.29, 1.82) is 0 Å². The highest BCUT2D eigenvalue weighted by Crippen LogP contribution is 2.12. The van der Waals surface area contributed by atoms with Gasteiger partial charge < -0.3 is 10.6 Å². The van der Waals surface area contributed by atoms with Gasteiger partial charge in [0.1, 0.15) is 0 Å². The lowest BCUT2D eigenvalue weighted by molar-refractivity contribution is -0.139. The average Bonchev–Trinajstić information content (AvgIpc) is 2.21. The highest BCUT2D eigenvalue weighted by molar-refractivity contribution is 7.99. The number of rotatable bonds is 4. The van der Waals surface area contributed by atoms with Crippen LogP contribution in [0.4, 0.5) is 0 Å². The van der Waals surface area contributed by atoms with Gasteiger partial charge in [-0.05, 0) is 13.8 Å². The first-order chi connectivity index (χ1) is 7.54. The fourth-order valence-electron chi connectivity index (χ4n) is 1.01. The summed E-state index contributed by atoms with van der Waals surface area (Å²) in [5.41, 5.74) is 0.219. The topological polar surface area (TPSA) is 87.2 Å². The Morgan fingerprint density at radius 3 is 3.00 bits per heavy atom. The number of esters is 1. The van der Waals surface area contributed by atoms with Crippen molar-refractivity contribution in [3.8, 4) is 0 Å². The van der Waals surface area contributed by atoms with E-state index in [4.69, 9.17) is 10.6 Å². The zero-order valence-corrected chi connectivity index (χ0v) is 9.91. The van der Waals surface area contributed by atoms with Gasteiger partial charge in [0.2, 0.25) is 0 Å². The molecule has 1 rings (SSSR count). The Morgan fingerprint density at radius 1 is 1.69 bits per heavy atom. The maximum atomic E-state index is 11.3. The summed E-state index contributed by atoms with van der Waals surface area (Å²) in [5.74, 6) is 5.21.